The van der Waals surface area contributed by atoms with Crippen molar-refractivity contribution < 1.29 is 0 Å². The van der Waals surface area contributed by atoms with Gasteiger partial charge in [0.1, 0.15) is 5.69 Å². The van der Waals surface area contributed by atoms with Gasteiger partial charge in [0, 0.05) is 11.8 Å². The maximum Gasteiger partial charge on any atom is 0.115 e. The summed E-state index contributed by atoms with van der Waals surface area (Å²) >= 11 is 0. The maximum absolute atomic E-state index is 6.11. The Morgan fingerprint density at radius 1 is 0.950 bits per heavy atom. The molecular formula is C17H25N3. The minimum absolute atomic E-state index is 0.0578. The number of nitrogen functional groups attached to an aromatic ring is 1. The monoisotopic (exact) mass is 271 g/mol. The predicted molar refractivity (Wildman–Crippen MR) is 85.8 cm³/mol. The second-order valence-corrected chi connectivity index (χ2v) is 7.38. The highest BCUT2D eigenvalue weighted by Gasteiger charge is 2.18. The van der Waals surface area contributed by atoms with Crippen LogP contribution in [0.1, 0.15) is 47.1 Å². The lowest BCUT2D eigenvalue weighted by Gasteiger charge is -2.19. The molecule has 2 N–H and O–H groups in total. The van der Waals surface area contributed by atoms with Gasteiger partial charge in [0.05, 0.1) is 11.2 Å². The lowest BCUT2D eigenvalue weighted by atomic mass is 9.86. The Hall–Kier alpha value is -1.77. The zero-order valence-electron chi connectivity index (χ0n) is 13.4. The number of nitrogens with two attached hydrogens (primary N) is 1. The van der Waals surface area contributed by atoms with Crippen molar-refractivity contribution in [2.75, 3.05) is 5.73 Å². The van der Waals surface area contributed by atoms with Crippen molar-refractivity contribution in [1.29, 1.82) is 0 Å². The van der Waals surface area contributed by atoms with Crippen LogP contribution in [0.3, 0.4) is 0 Å². The molecule has 1 aromatic carbocycles. The molecule has 0 spiro atoms. The summed E-state index contributed by atoms with van der Waals surface area (Å²) in [5.74, 6) is 0. The first kappa shape index (κ1) is 14.6. The Morgan fingerprint density at radius 2 is 1.50 bits per heavy atom. The Kier molecular flexibility index (Phi) is 3.41. The predicted octanol–water partition coefficient (Wildman–Crippen LogP) is 4.18. The number of hydrogen-bond donors (Lipinski definition) is 1. The van der Waals surface area contributed by atoms with Gasteiger partial charge in [-0.05, 0) is 31.7 Å². The minimum Gasteiger partial charge on any atom is -0.396 e. The molecule has 0 unspecified atom stereocenters. The van der Waals surface area contributed by atoms with E-state index >= 15 is 0 Å². The lowest BCUT2D eigenvalue weighted by Crippen LogP contribution is -2.22. The van der Waals surface area contributed by atoms with Gasteiger partial charge in [0.25, 0.3) is 0 Å². The van der Waals surface area contributed by atoms with Crippen LogP contribution in [0.2, 0.25) is 0 Å². The highest BCUT2D eigenvalue weighted by molar-refractivity contribution is 5.72. The summed E-state index contributed by atoms with van der Waals surface area (Å²) in [4.78, 5) is 0. The largest absolute Gasteiger partial charge is 0.396 e. The highest BCUT2D eigenvalue weighted by atomic mass is 15.3. The van der Waals surface area contributed by atoms with Crippen LogP contribution in [0.4, 0.5) is 5.69 Å². The summed E-state index contributed by atoms with van der Waals surface area (Å²) in [7, 11) is 0. The molecule has 0 saturated heterocycles. The molecule has 0 radical (unpaired) electrons. The second-order valence-electron chi connectivity index (χ2n) is 7.38. The third kappa shape index (κ3) is 2.87. The van der Waals surface area contributed by atoms with E-state index in [0.29, 0.717) is 0 Å². The van der Waals surface area contributed by atoms with E-state index in [9.17, 15) is 0 Å². The fourth-order valence-electron chi connectivity index (χ4n) is 2.08. The van der Waals surface area contributed by atoms with Crippen molar-refractivity contribution in [2.45, 2.75) is 52.5 Å². The number of nitrogens with zero attached hydrogens (tertiary/aromatic N) is 2. The summed E-state index contributed by atoms with van der Waals surface area (Å²) in [6.07, 6.45) is 1.91. The average molecular weight is 271 g/mol. The molecule has 20 heavy (non-hydrogen) atoms. The van der Waals surface area contributed by atoms with Gasteiger partial charge in [-0.2, -0.15) is 5.10 Å². The van der Waals surface area contributed by atoms with Gasteiger partial charge in [-0.1, -0.05) is 45.0 Å². The zero-order chi connectivity index (χ0) is 15.1. The normalized spacial score (nSPS) is 12.7. The number of anilines is 1. The minimum atomic E-state index is -0.0578. The first-order valence-electron chi connectivity index (χ1n) is 7.05. The van der Waals surface area contributed by atoms with E-state index in [1.54, 1.807) is 0 Å². The van der Waals surface area contributed by atoms with E-state index in [1.165, 1.54) is 5.56 Å². The number of benzene rings is 1. The maximum atomic E-state index is 6.11. The quantitative estimate of drug-likeness (QED) is 0.845. The molecule has 0 atom stereocenters. The number of hydrogen-bond acceptors (Lipinski definition) is 2. The SMILES string of the molecule is CC(C)(C)c1ccc(-c2nn(C(C)(C)C)cc2N)cc1. The van der Waals surface area contributed by atoms with Crippen LogP contribution in [-0.4, -0.2) is 9.78 Å². The fraction of sp³-hybridized carbons (Fsp3) is 0.471. The zero-order valence-corrected chi connectivity index (χ0v) is 13.4. The number of rotatable bonds is 1. The van der Waals surface area contributed by atoms with Crippen molar-refractivity contribution in [3.8, 4) is 11.3 Å². The lowest BCUT2D eigenvalue weighted by molar-refractivity contribution is 0.356. The molecular weight excluding hydrogens is 246 g/mol. The Morgan fingerprint density at radius 3 is 1.90 bits per heavy atom. The summed E-state index contributed by atoms with van der Waals surface area (Å²) in [5, 5.41) is 4.63. The molecule has 2 rings (SSSR count). The third-order valence-electron chi connectivity index (χ3n) is 3.45. The molecule has 0 amide bonds. The molecule has 0 fully saturated rings. The Bertz CT molecular complexity index is 593. The summed E-state index contributed by atoms with van der Waals surface area (Å²) in [6, 6.07) is 8.52. The third-order valence-corrected chi connectivity index (χ3v) is 3.45. The molecule has 3 nitrogen and oxygen atoms in total. The molecule has 2 aromatic rings. The van der Waals surface area contributed by atoms with Crippen LogP contribution in [0.25, 0.3) is 11.3 Å². The summed E-state index contributed by atoms with van der Waals surface area (Å²) in [6.45, 7) is 13.0. The van der Waals surface area contributed by atoms with Gasteiger partial charge in [-0.3, -0.25) is 4.68 Å². The van der Waals surface area contributed by atoms with E-state index in [1.807, 2.05) is 10.9 Å². The van der Waals surface area contributed by atoms with Crippen LogP contribution in [-0.2, 0) is 11.0 Å². The van der Waals surface area contributed by atoms with Gasteiger partial charge in [-0.15, -0.1) is 0 Å². The van der Waals surface area contributed by atoms with E-state index in [2.05, 4.69) is 70.9 Å². The molecule has 0 aliphatic rings. The average Bonchev–Trinajstić information content (AvgIpc) is 2.70. The van der Waals surface area contributed by atoms with Gasteiger partial charge >= 0.3 is 0 Å². The first-order valence-corrected chi connectivity index (χ1v) is 7.05. The van der Waals surface area contributed by atoms with Gasteiger partial charge < -0.3 is 5.73 Å². The molecule has 1 heterocycles. The molecule has 0 aliphatic heterocycles. The standard InChI is InChI=1S/C17H25N3/c1-16(2,3)13-9-7-12(8-10-13)15-14(18)11-20(19-15)17(4,5)6/h7-11H,18H2,1-6H3. The fourth-order valence-corrected chi connectivity index (χ4v) is 2.08. The van der Waals surface area contributed by atoms with Crippen molar-refractivity contribution in [3.63, 3.8) is 0 Å². The summed E-state index contributed by atoms with van der Waals surface area (Å²) in [5.41, 5.74) is 10.2. The Labute approximate surface area is 121 Å². The topological polar surface area (TPSA) is 43.8 Å². The molecule has 3 heteroatoms. The second kappa shape index (κ2) is 4.65. The van der Waals surface area contributed by atoms with Crippen LogP contribution < -0.4 is 5.73 Å². The van der Waals surface area contributed by atoms with Gasteiger partial charge in [0.2, 0.25) is 0 Å². The molecule has 0 aliphatic carbocycles. The molecule has 0 saturated carbocycles. The van der Waals surface area contributed by atoms with Crippen molar-refractivity contribution in [3.05, 3.63) is 36.0 Å². The first-order chi connectivity index (χ1) is 9.09. The number of aromatic nitrogens is 2. The van der Waals surface area contributed by atoms with Crippen molar-refractivity contribution >= 4 is 5.69 Å². The van der Waals surface area contributed by atoms with E-state index in [4.69, 9.17) is 5.73 Å². The van der Waals surface area contributed by atoms with Crippen LogP contribution >= 0.6 is 0 Å². The van der Waals surface area contributed by atoms with Crippen LogP contribution in [0, 0.1) is 0 Å². The summed E-state index contributed by atoms with van der Waals surface area (Å²) < 4.78 is 1.93. The smallest absolute Gasteiger partial charge is 0.115 e. The van der Waals surface area contributed by atoms with Crippen LogP contribution in [0.15, 0.2) is 30.5 Å². The Balaban J connectivity index is 2.40. The van der Waals surface area contributed by atoms with Crippen molar-refractivity contribution in [2.24, 2.45) is 0 Å². The highest BCUT2D eigenvalue weighted by Crippen LogP contribution is 2.29. The van der Waals surface area contributed by atoms with Crippen molar-refractivity contribution in [1.82, 2.24) is 9.78 Å². The van der Waals surface area contributed by atoms with E-state index < -0.39 is 0 Å². The van der Waals surface area contributed by atoms with E-state index in [-0.39, 0.29) is 11.0 Å². The molecule has 0 bridgehead atoms. The van der Waals surface area contributed by atoms with E-state index in [0.717, 1.165) is 16.9 Å². The van der Waals surface area contributed by atoms with Crippen LogP contribution in [0.5, 0.6) is 0 Å². The molecule has 1 aromatic heterocycles. The molecule has 108 valence electrons. The van der Waals surface area contributed by atoms with Gasteiger partial charge in [-0.25, -0.2) is 0 Å². The van der Waals surface area contributed by atoms with Gasteiger partial charge in [0.15, 0.2) is 0 Å².